The molecule has 26 heavy (non-hydrogen) atoms. The Morgan fingerprint density at radius 2 is 1.73 bits per heavy atom. The Labute approximate surface area is 158 Å². The number of ketones is 1. The lowest BCUT2D eigenvalue weighted by molar-refractivity contribution is 0.101. The lowest BCUT2D eigenvalue weighted by atomic mass is 10.1. The third kappa shape index (κ3) is 3.19. The summed E-state index contributed by atoms with van der Waals surface area (Å²) in [6.45, 7) is 7.66. The van der Waals surface area contributed by atoms with Crippen LogP contribution in [-0.4, -0.2) is 36.9 Å². The number of rotatable bonds is 4. The standard InChI is InChI=1S/C21H23N3OS/c1-3-16-5-4-6-19-20(16)22-21(26-19)24-13-11-23(12-14-24)18-9-7-17(8-10-18)15(2)25/h4-10H,3,11-14H2,1-2H3. The number of hydrogen-bond donors (Lipinski definition) is 0. The Bertz CT molecular complexity index is 924. The molecule has 0 spiro atoms. The number of thiazole rings is 1. The van der Waals surface area contributed by atoms with Gasteiger partial charge in [0.1, 0.15) is 0 Å². The highest BCUT2D eigenvalue weighted by Gasteiger charge is 2.20. The van der Waals surface area contributed by atoms with Crippen molar-refractivity contribution in [1.29, 1.82) is 0 Å². The summed E-state index contributed by atoms with van der Waals surface area (Å²) in [4.78, 5) is 21.1. The van der Waals surface area contributed by atoms with Crippen LogP contribution in [0.3, 0.4) is 0 Å². The van der Waals surface area contributed by atoms with Gasteiger partial charge >= 0.3 is 0 Å². The first-order valence-electron chi connectivity index (χ1n) is 9.15. The maximum atomic E-state index is 11.4. The zero-order valence-corrected chi connectivity index (χ0v) is 16.1. The molecule has 5 heteroatoms. The van der Waals surface area contributed by atoms with Gasteiger partial charge in [-0.05, 0) is 49.2 Å². The van der Waals surface area contributed by atoms with Crippen LogP contribution in [0.5, 0.6) is 0 Å². The van der Waals surface area contributed by atoms with E-state index in [0.717, 1.165) is 48.8 Å². The third-order valence-electron chi connectivity index (χ3n) is 5.06. The summed E-state index contributed by atoms with van der Waals surface area (Å²) >= 11 is 1.79. The van der Waals surface area contributed by atoms with E-state index < -0.39 is 0 Å². The van der Waals surface area contributed by atoms with E-state index in [0.29, 0.717) is 0 Å². The molecule has 3 aromatic rings. The van der Waals surface area contributed by atoms with Crippen LogP contribution in [0, 0.1) is 0 Å². The minimum atomic E-state index is 0.114. The lowest BCUT2D eigenvalue weighted by Gasteiger charge is -2.36. The molecule has 1 aromatic heterocycles. The quantitative estimate of drug-likeness (QED) is 0.643. The molecule has 0 atom stereocenters. The van der Waals surface area contributed by atoms with Crippen molar-refractivity contribution >= 4 is 38.2 Å². The number of benzene rings is 2. The van der Waals surface area contributed by atoms with Crippen molar-refractivity contribution in [3.8, 4) is 0 Å². The number of hydrogen-bond acceptors (Lipinski definition) is 5. The second kappa shape index (κ2) is 7.08. The molecule has 1 aliphatic heterocycles. The molecule has 1 aliphatic rings. The number of aryl methyl sites for hydroxylation is 1. The molecule has 4 rings (SSSR count). The van der Waals surface area contributed by atoms with E-state index in [1.54, 1.807) is 18.3 Å². The third-order valence-corrected chi connectivity index (χ3v) is 6.14. The molecule has 0 N–H and O–H groups in total. The fourth-order valence-corrected chi connectivity index (χ4v) is 4.54. The van der Waals surface area contributed by atoms with E-state index in [4.69, 9.17) is 4.98 Å². The molecule has 0 aliphatic carbocycles. The van der Waals surface area contributed by atoms with Gasteiger partial charge in [0.05, 0.1) is 10.2 Å². The second-order valence-corrected chi connectivity index (χ2v) is 7.70. The average molecular weight is 366 g/mol. The number of Topliss-reactive ketones (excluding diaryl/α,β-unsaturated/α-hetero) is 1. The summed E-state index contributed by atoms with van der Waals surface area (Å²) in [6, 6.07) is 14.4. The zero-order chi connectivity index (χ0) is 18.1. The summed E-state index contributed by atoms with van der Waals surface area (Å²) < 4.78 is 1.28. The monoisotopic (exact) mass is 365 g/mol. The highest BCUT2D eigenvalue weighted by Crippen LogP contribution is 2.32. The number of piperazine rings is 1. The van der Waals surface area contributed by atoms with Crippen molar-refractivity contribution in [2.75, 3.05) is 36.0 Å². The van der Waals surface area contributed by atoms with Crippen LogP contribution in [0.2, 0.25) is 0 Å². The Hall–Kier alpha value is -2.40. The number of carbonyl (C=O) groups excluding carboxylic acids is 1. The lowest BCUT2D eigenvalue weighted by Crippen LogP contribution is -2.46. The predicted octanol–water partition coefficient (Wildman–Crippen LogP) is 4.39. The minimum absolute atomic E-state index is 0.114. The van der Waals surface area contributed by atoms with E-state index in [1.807, 2.05) is 12.1 Å². The van der Waals surface area contributed by atoms with E-state index in [1.165, 1.54) is 16.0 Å². The number of carbonyl (C=O) groups is 1. The minimum Gasteiger partial charge on any atom is -0.368 e. The molecular formula is C21H23N3OS. The Morgan fingerprint density at radius 1 is 1.04 bits per heavy atom. The maximum Gasteiger partial charge on any atom is 0.186 e. The van der Waals surface area contributed by atoms with Crippen LogP contribution in [-0.2, 0) is 6.42 Å². The molecule has 0 radical (unpaired) electrons. The van der Waals surface area contributed by atoms with Gasteiger partial charge in [0.25, 0.3) is 0 Å². The van der Waals surface area contributed by atoms with Crippen LogP contribution in [0.1, 0.15) is 29.8 Å². The van der Waals surface area contributed by atoms with Crippen molar-refractivity contribution in [3.63, 3.8) is 0 Å². The Balaban J connectivity index is 1.47. The molecular weight excluding hydrogens is 342 g/mol. The van der Waals surface area contributed by atoms with Gasteiger partial charge in [0.15, 0.2) is 10.9 Å². The molecule has 1 fully saturated rings. The van der Waals surface area contributed by atoms with Gasteiger partial charge in [-0.15, -0.1) is 0 Å². The van der Waals surface area contributed by atoms with Crippen molar-refractivity contribution in [2.45, 2.75) is 20.3 Å². The van der Waals surface area contributed by atoms with Crippen molar-refractivity contribution in [2.24, 2.45) is 0 Å². The summed E-state index contributed by atoms with van der Waals surface area (Å²) in [7, 11) is 0. The van der Waals surface area contributed by atoms with E-state index in [9.17, 15) is 4.79 Å². The number of anilines is 2. The molecule has 134 valence electrons. The first kappa shape index (κ1) is 17.0. The van der Waals surface area contributed by atoms with E-state index >= 15 is 0 Å². The van der Waals surface area contributed by atoms with Crippen LogP contribution in [0.25, 0.3) is 10.2 Å². The van der Waals surface area contributed by atoms with Crippen LogP contribution in [0.4, 0.5) is 10.8 Å². The van der Waals surface area contributed by atoms with Crippen molar-refractivity contribution in [3.05, 3.63) is 53.6 Å². The fraction of sp³-hybridized carbons (Fsp3) is 0.333. The summed E-state index contributed by atoms with van der Waals surface area (Å²) in [5.74, 6) is 0.114. The molecule has 1 saturated heterocycles. The average Bonchev–Trinajstić information content (AvgIpc) is 3.12. The zero-order valence-electron chi connectivity index (χ0n) is 15.2. The first-order chi connectivity index (χ1) is 12.7. The summed E-state index contributed by atoms with van der Waals surface area (Å²) in [6.07, 6.45) is 1.02. The SMILES string of the molecule is CCc1cccc2sc(N3CCN(c4ccc(C(C)=O)cc4)CC3)nc12. The van der Waals surface area contributed by atoms with E-state index in [-0.39, 0.29) is 5.78 Å². The normalized spacial score (nSPS) is 14.8. The van der Waals surface area contributed by atoms with Gasteiger partial charge < -0.3 is 9.80 Å². The van der Waals surface area contributed by atoms with Crippen LogP contribution < -0.4 is 9.80 Å². The van der Waals surface area contributed by atoms with Gasteiger partial charge in [-0.2, -0.15) is 0 Å². The van der Waals surface area contributed by atoms with Gasteiger partial charge in [-0.25, -0.2) is 4.98 Å². The van der Waals surface area contributed by atoms with Gasteiger partial charge in [-0.1, -0.05) is 30.4 Å². The topological polar surface area (TPSA) is 36.4 Å². The van der Waals surface area contributed by atoms with Gasteiger partial charge in [0.2, 0.25) is 0 Å². The van der Waals surface area contributed by atoms with Crippen molar-refractivity contribution < 1.29 is 4.79 Å². The number of nitrogens with zero attached hydrogens (tertiary/aromatic N) is 3. The van der Waals surface area contributed by atoms with Crippen molar-refractivity contribution in [1.82, 2.24) is 4.98 Å². The number of fused-ring (bicyclic) bond motifs is 1. The smallest absolute Gasteiger partial charge is 0.186 e. The second-order valence-electron chi connectivity index (χ2n) is 6.69. The molecule has 0 bridgehead atoms. The van der Waals surface area contributed by atoms with Crippen LogP contribution in [0.15, 0.2) is 42.5 Å². The largest absolute Gasteiger partial charge is 0.368 e. The number of aromatic nitrogens is 1. The highest BCUT2D eigenvalue weighted by atomic mass is 32.1. The predicted molar refractivity (Wildman–Crippen MR) is 110 cm³/mol. The van der Waals surface area contributed by atoms with E-state index in [2.05, 4.69) is 47.1 Å². The van der Waals surface area contributed by atoms with Gasteiger partial charge in [-0.3, -0.25) is 4.79 Å². The maximum absolute atomic E-state index is 11.4. The molecule has 0 saturated carbocycles. The molecule has 0 amide bonds. The summed E-state index contributed by atoms with van der Waals surface area (Å²) in [5.41, 5.74) is 4.45. The molecule has 4 nitrogen and oxygen atoms in total. The Morgan fingerprint density at radius 3 is 2.38 bits per heavy atom. The fourth-order valence-electron chi connectivity index (χ4n) is 3.48. The molecule has 2 aromatic carbocycles. The van der Waals surface area contributed by atoms with Gasteiger partial charge in [0, 0.05) is 37.4 Å². The summed E-state index contributed by atoms with van der Waals surface area (Å²) in [5, 5.41) is 1.13. The highest BCUT2D eigenvalue weighted by molar-refractivity contribution is 7.22. The number of para-hydroxylation sites is 1. The van der Waals surface area contributed by atoms with Crippen LogP contribution >= 0.6 is 11.3 Å². The molecule has 0 unspecified atom stereocenters. The first-order valence-corrected chi connectivity index (χ1v) is 9.96. The molecule has 2 heterocycles. The Kier molecular flexibility index (Phi) is 4.64.